The second kappa shape index (κ2) is 4.90. The summed E-state index contributed by atoms with van der Waals surface area (Å²) in [5.74, 6) is 2.29. The summed E-state index contributed by atoms with van der Waals surface area (Å²) in [7, 11) is 0. The topological polar surface area (TPSA) is 55.4 Å². The Hall–Kier alpha value is -1.06. The highest BCUT2D eigenvalue weighted by Crippen LogP contribution is 2.49. The highest BCUT2D eigenvalue weighted by atomic mass is 16.5. The number of fused-ring (bicyclic) bond motifs is 2. The molecule has 4 unspecified atom stereocenters. The van der Waals surface area contributed by atoms with Crippen LogP contribution in [0.25, 0.3) is 0 Å². The number of carbonyl (C=O) groups is 2. The first-order chi connectivity index (χ1) is 8.70. The van der Waals surface area contributed by atoms with Crippen LogP contribution in [0.2, 0.25) is 0 Å². The number of amides is 1. The van der Waals surface area contributed by atoms with Gasteiger partial charge in [0.05, 0.1) is 6.54 Å². The second-order valence-electron chi connectivity index (χ2n) is 6.09. The molecule has 0 aromatic rings. The number of rotatable bonds is 4. The molecule has 0 spiro atoms. The highest BCUT2D eigenvalue weighted by molar-refractivity contribution is 5.76. The van der Waals surface area contributed by atoms with Crippen LogP contribution in [0.1, 0.15) is 44.9 Å². The third kappa shape index (κ3) is 2.52. The SMILES string of the molecule is O=C(CC1CC2CCC1C2)NCC1CCC(=O)O1. The van der Waals surface area contributed by atoms with Gasteiger partial charge in [-0.3, -0.25) is 9.59 Å². The largest absolute Gasteiger partial charge is 0.460 e. The maximum atomic E-state index is 11.9. The summed E-state index contributed by atoms with van der Waals surface area (Å²) in [5.41, 5.74) is 0. The number of ether oxygens (including phenoxy) is 1. The van der Waals surface area contributed by atoms with E-state index in [1.165, 1.54) is 25.7 Å². The Morgan fingerprint density at radius 2 is 2.17 bits per heavy atom. The second-order valence-corrected chi connectivity index (χ2v) is 6.09. The lowest BCUT2D eigenvalue weighted by Crippen LogP contribution is -2.33. The molecule has 2 bridgehead atoms. The van der Waals surface area contributed by atoms with E-state index < -0.39 is 0 Å². The van der Waals surface area contributed by atoms with Crippen LogP contribution in [0.15, 0.2) is 0 Å². The van der Waals surface area contributed by atoms with E-state index in [1.807, 2.05) is 0 Å². The summed E-state index contributed by atoms with van der Waals surface area (Å²) in [4.78, 5) is 22.8. The standard InChI is InChI=1S/C14H21NO3/c16-13(15-8-12-3-4-14(17)18-12)7-11-6-9-1-2-10(11)5-9/h9-12H,1-8H2,(H,15,16). The van der Waals surface area contributed by atoms with Crippen molar-refractivity contribution < 1.29 is 14.3 Å². The van der Waals surface area contributed by atoms with Gasteiger partial charge < -0.3 is 10.1 Å². The number of nitrogens with one attached hydrogen (secondary N) is 1. The Morgan fingerprint density at radius 1 is 1.28 bits per heavy atom. The lowest BCUT2D eigenvalue weighted by Gasteiger charge is -2.21. The van der Waals surface area contributed by atoms with Crippen molar-refractivity contribution in [2.24, 2.45) is 17.8 Å². The molecule has 1 aliphatic heterocycles. The van der Waals surface area contributed by atoms with E-state index in [0.717, 1.165) is 18.3 Å². The van der Waals surface area contributed by atoms with Gasteiger partial charge >= 0.3 is 5.97 Å². The predicted molar refractivity (Wildman–Crippen MR) is 65.7 cm³/mol. The van der Waals surface area contributed by atoms with Crippen molar-refractivity contribution in [1.29, 1.82) is 0 Å². The van der Waals surface area contributed by atoms with Gasteiger partial charge in [0.1, 0.15) is 6.10 Å². The molecule has 4 nitrogen and oxygen atoms in total. The van der Waals surface area contributed by atoms with E-state index in [0.29, 0.717) is 25.3 Å². The van der Waals surface area contributed by atoms with Gasteiger partial charge in [-0.15, -0.1) is 0 Å². The van der Waals surface area contributed by atoms with E-state index in [2.05, 4.69) is 5.32 Å². The minimum atomic E-state index is -0.137. The summed E-state index contributed by atoms with van der Waals surface area (Å²) in [5, 5.41) is 2.92. The fraction of sp³-hybridized carbons (Fsp3) is 0.857. The molecule has 4 heteroatoms. The van der Waals surface area contributed by atoms with E-state index >= 15 is 0 Å². The van der Waals surface area contributed by atoms with Crippen LogP contribution in [0, 0.1) is 17.8 Å². The zero-order chi connectivity index (χ0) is 12.5. The number of carbonyl (C=O) groups excluding carboxylic acids is 2. The fourth-order valence-corrected chi connectivity index (χ4v) is 3.89. The van der Waals surface area contributed by atoms with E-state index in [1.54, 1.807) is 0 Å². The normalized spacial score (nSPS) is 37.9. The number of hydrogen-bond acceptors (Lipinski definition) is 3. The molecular formula is C14H21NO3. The van der Waals surface area contributed by atoms with Crippen LogP contribution < -0.4 is 5.32 Å². The zero-order valence-electron chi connectivity index (χ0n) is 10.7. The first kappa shape index (κ1) is 12.0. The molecule has 18 heavy (non-hydrogen) atoms. The smallest absolute Gasteiger partial charge is 0.306 e. The van der Waals surface area contributed by atoms with Crippen molar-refractivity contribution in [2.45, 2.75) is 51.0 Å². The maximum Gasteiger partial charge on any atom is 0.306 e. The highest BCUT2D eigenvalue weighted by Gasteiger charge is 2.40. The number of hydrogen-bond donors (Lipinski definition) is 1. The first-order valence-corrected chi connectivity index (χ1v) is 7.17. The van der Waals surface area contributed by atoms with Gasteiger partial charge in [-0.2, -0.15) is 0 Å². The van der Waals surface area contributed by atoms with Gasteiger partial charge in [-0.25, -0.2) is 0 Å². The minimum absolute atomic E-state index is 0.0959. The molecule has 3 fully saturated rings. The van der Waals surface area contributed by atoms with Crippen LogP contribution in [0.5, 0.6) is 0 Å². The minimum Gasteiger partial charge on any atom is -0.460 e. The van der Waals surface area contributed by atoms with Gasteiger partial charge in [0.25, 0.3) is 0 Å². The first-order valence-electron chi connectivity index (χ1n) is 7.17. The van der Waals surface area contributed by atoms with Crippen molar-refractivity contribution >= 4 is 11.9 Å². The quantitative estimate of drug-likeness (QED) is 0.773. The zero-order valence-corrected chi connectivity index (χ0v) is 10.7. The average molecular weight is 251 g/mol. The molecule has 0 aromatic carbocycles. The third-order valence-electron chi connectivity index (χ3n) is 4.83. The molecule has 3 aliphatic rings. The lowest BCUT2D eigenvalue weighted by atomic mass is 9.86. The molecule has 1 heterocycles. The molecule has 1 N–H and O–H groups in total. The fourth-order valence-electron chi connectivity index (χ4n) is 3.89. The van der Waals surface area contributed by atoms with E-state index in [9.17, 15) is 9.59 Å². The van der Waals surface area contributed by atoms with Crippen LogP contribution in [-0.2, 0) is 14.3 Å². The summed E-state index contributed by atoms with van der Waals surface area (Å²) < 4.78 is 5.08. The molecule has 100 valence electrons. The summed E-state index contributed by atoms with van der Waals surface area (Å²) >= 11 is 0. The van der Waals surface area contributed by atoms with Gasteiger partial charge in [-0.05, 0) is 43.4 Å². The van der Waals surface area contributed by atoms with Gasteiger partial charge in [-0.1, -0.05) is 6.42 Å². The predicted octanol–water partition coefficient (Wildman–Crippen LogP) is 1.63. The Kier molecular flexibility index (Phi) is 3.27. The van der Waals surface area contributed by atoms with Gasteiger partial charge in [0, 0.05) is 12.8 Å². The van der Waals surface area contributed by atoms with Gasteiger partial charge in [0.2, 0.25) is 5.91 Å². The van der Waals surface area contributed by atoms with Crippen LogP contribution >= 0.6 is 0 Å². The Bertz CT molecular complexity index is 355. The molecule has 3 rings (SSSR count). The average Bonchev–Trinajstić information content (AvgIpc) is 3.03. The third-order valence-corrected chi connectivity index (χ3v) is 4.83. The Morgan fingerprint density at radius 3 is 2.78 bits per heavy atom. The lowest BCUT2D eigenvalue weighted by molar-refractivity contribution is -0.141. The molecule has 1 saturated heterocycles. The molecule has 2 aliphatic carbocycles. The Balaban J connectivity index is 1.38. The maximum absolute atomic E-state index is 11.9. The molecule has 1 amide bonds. The monoisotopic (exact) mass is 251 g/mol. The van der Waals surface area contributed by atoms with Crippen LogP contribution in [-0.4, -0.2) is 24.5 Å². The van der Waals surface area contributed by atoms with Crippen molar-refractivity contribution in [3.05, 3.63) is 0 Å². The van der Waals surface area contributed by atoms with Gasteiger partial charge in [0.15, 0.2) is 0 Å². The number of esters is 1. The number of cyclic esters (lactones) is 1. The summed E-state index contributed by atoms with van der Waals surface area (Å²) in [6.45, 7) is 0.491. The molecule has 4 atom stereocenters. The summed E-state index contributed by atoms with van der Waals surface area (Å²) in [6.07, 6.45) is 7.10. The van der Waals surface area contributed by atoms with Crippen molar-refractivity contribution in [3.8, 4) is 0 Å². The van der Waals surface area contributed by atoms with Crippen LogP contribution in [0.4, 0.5) is 0 Å². The van der Waals surface area contributed by atoms with Crippen molar-refractivity contribution in [1.82, 2.24) is 5.32 Å². The molecular weight excluding hydrogens is 230 g/mol. The summed E-state index contributed by atoms with van der Waals surface area (Å²) in [6, 6.07) is 0. The van der Waals surface area contributed by atoms with E-state index in [4.69, 9.17) is 4.74 Å². The van der Waals surface area contributed by atoms with Crippen molar-refractivity contribution in [2.75, 3.05) is 6.54 Å². The molecule has 2 saturated carbocycles. The molecule has 0 aromatic heterocycles. The molecule has 0 radical (unpaired) electrons. The van der Waals surface area contributed by atoms with Crippen LogP contribution in [0.3, 0.4) is 0 Å². The van der Waals surface area contributed by atoms with E-state index in [-0.39, 0.29) is 18.0 Å². The van der Waals surface area contributed by atoms with Crippen molar-refractivity contribution in [3.63, 3.8) is 0 Å². The Labute approximate surface area is 107 Å².